The lowest BCUT2D eigenvalue weighted by Crippen LogP contribution is -2.30. The van der Waals surface area contributed by atoms with Gasteiger partial charge < -0.3 is 10.2 Å². The molecule has 1 amide bonds. The van der Waals surface area contributed by atoms with E-state index >= 15 is 0 Å². The molecule has 4 rings (SSSR count). The second-order valence-corrected chi connectivity index (χ2v) is 6.30. The molecular weight excluding hydrogens is 312 g/mol. The molecule has 2 aromatic carbocycles. The lowest BCUT2D eigenvalue weighted by atomic mass is 10.0. The smallest absolute Gasteiger partial charge is 0.256 e. The minimum absolute atomic E-state index is 0.147. The van der Waals surface area contributed by atoms with Crippen LogP contribution in [0.5, 0.6) is 0 Å². The molecule has 1 aliphatic heterocycles. The Morgan fingerprint density at radius 2 is 1.64 bits per heavy atom. The van der Waals surface area contributed by atoms with Crippen molar-refractivity contribution in [3.8, 4) is 0 Å². The van der Waals surface area contributed by atoms with Crippen LogP contribution in [0.4, 0.5) is 11.6 Å². The summed E-state index contributed by atoms with van der Waals surface area (Å²) in [7, 11) is 0. The van der Waals surface area contributed by atoms with E-state index in [1.165, 1.54) is 19.3 Å². The quantitative estimate of drug-likeness (QED) is 0.791. The number of rotatable bonds is 3. The van der Waals surface area contributed by atoms with E-state index in [1.54, 1.807) is 12.4 Å². The minimum atomic E-state index is -0.147. The summed E-state index contributed by atoms with van der Waals surface area (Å²) < 4.78 is 0. The number of nitrogens with zero attached hydrogens (tertiary/aromatic N) is 3. The number of aromatic nitrogens is 2. The minimum Gasteiger partial charge on any atom is -0.341 e. The van der Waals surface area contributed by atoms with Crippen LogP contribution in [0.2, 0.25) is 0 Å². The van der Waals surface area contributed by atoms with Crippen LogP contribution in [0.3, 0.4) is 0 Å². The summed E-state index contributed by atoms with van der Waals surface area (Å²) in [5.74, 6) is 0.592. The number of carbonyl (C=O) groups excluding carboxylic acids is 1. The number of benzene rings is 2. The first kappa shape index (κ1) is 15.6. The number of hydrogen-bond donors (Lipinski definition) is 1. The van der Waals surface area contributed by atoms with Gasteiger partial charge in [-0.3, -0.25) is 4.79 Å². The number of piperidine rings is 1. The Kier molecular flexibility index (Phi) is 4.29. The van der Waals surface area contributed by atoms with Gasteiger partial charge in [0.1, 0.15) is 0 Å². The monoisotopic (exact) mass is 332 g/mol. The second-order valence-electron chi connectivity index (χ2n) is 6.30. The van der Waals surface area contributed by atoms with Crippen LogP contribution in [-0.4, -0.2) is 29.0 Å². The zero-order valence-electron chi connectivity index (χ0n) is 14.0. The molecule has 3 aromatic rings. The third-order valence-corrected chi connectivity index (χ3v) is 4.57. The molecule has 1 aromatic heterocycles. The number of amides is 1. The Balaban J connectivity index is 1.52. The summed E-state index contributed by atoms with van der Waals surface area (Å²) in [4.78, 5) is 23.7. The van der Waals surface area contributed by atoms with E-state index in [2.05, 4.69) is 20.2 Å². The fourth-order valence-corrected chi connectivity index (χ4v) is 3.26. The van der Waals surface area contributed by atoms with Crippen molar-refractivity contribution in [1.29, 1.82) is 0 Å². The normalized spacial score (nSPS) is 14.5. The maximum absolute atomic E-state index is 12.6. The first-order chi connectivity index (χ1) is 12.3. The van der Waals surface area contributed by atoms with Crippen LogP contribution in [0.1, 0.15) is 29.6 Å². The van der Waals surface area contributed by atoms with Crippen molar-refractivity contribution >= 4 is 28.3 Å². The molecule has 0 bridgehead atoms. The average Bonchev–Trinajstić information content (AvgIpc) is 2.69. The maximum Gasteiger partial charge on any atom is 0.256 e. The highest BCUT2D eigenvalue weighted by Gasteiger charge is 2.14. The Labute approximate surface area is 146 Å². The van der Waals surface area contributed by atoms with E-state index in [4.69, 9.17) is 0 Å². The van der Waals surface area contributed by atoms with Crippen LogP contribution in [0.25, 0.3) is 10.8 Å². The van der Waals surface area contributed by atoms with Crippen molar-refractivity contribution in [2.24, 2.45) is 0 Å². The lowest BCUT2D eigenvalue weighted by Gasteiger charge is -2.26. The van der Waals surface area contributed by atoms with Gasteiger partial charge in [-0.05, 0) is 36.1 Å². The van der Waals surface area contributed by atoms with Crippen LogP contribution >= 0.6 is 0 Å². The third-order valence-electron chi connectivity index (χ3n) is 4.57. The molecular formula is C20H20N4O. The topological polar surface area (TPSA) is 58.1 Å². The average molecular weight is 332 g/mol. The third kappa shape index (κ3) is 3.31. The molecule has 2 heterocycles. The van der Waals surface area contributed by atoms with E-state index in [0.29, 0.717) is 11.3 Å². The summed E-state index contributed by atoms with van der Waals surface area (Å²) in [6, 6.07) is 13.6. The number of fused-ring (bicyclic) bond motifs is 1. The fourth-order valence-electron chi connectivity index (χ4n) is 3.26. The first-order valence-corrected chi connectivity index (χ1v) is 8.67. The Morgan fingerprint density at radius 3 is 2.44 bits per heavy atom. The summed E-state index contributed by atoms with van der Waals surface area (Å²) in [6.07, 6.45) is 7.00. The summed E-state index contributed by atoms with van der Waals surface area (Å²) in [6.45, 7) is 2.00. The van der Waals surface area contributed by atoms with E-state index in [-0.39, 0.29) is 5.91 Å². The van der Waals surface area contributed by atoms with Gasteiger partial charge in [0, 0.05) is 18.7 Å². The van der Waals surface area contributed by atoms with Gasteiger partial charge in [0.2, 0.25) is 5.95 Å². The van der Waals surface area contributed by atoms with Gasteiger partial charge in [0.05, 0.1) is 18.1 Å². The van der Waals surface area contributed by atoms with Gasteiger partial charge in [0.25, 0.3) is 5.91 Å². The molecule has 5 nitrogen and oxygen atoms in total. The van der Waals surface area contributed by atoms with E-state index in [9.17, 15) is 4.79 Å². The van der Waals surface area contributed by atoms with Gasteiger partial charge in [-0.25, -0.2) is 9.97 Å². The van der Waals surface area contributed by atoms with Crippen molar-refractivity contribution in [2.45, 2.75) is 19.3 Å². The molecule has 0 aliphatic carbocycles. The molecule has 25 heavy (non-hydrogen) atoms. The van der Waals surface area contributed by atoms with E-state index in [0.717, 1.165) is 29.8 Å². The molecule has 5 heteroatoms. The van der Waals surface area contributed by atoms with Crippen molar-refractivity contribution in [3.05, 3.63) is 60.4 Å². The zero-order chi connectivity index (χ0) is 17.1. The van der Waals surface area contributed by atoms with Crippen LogP contribution in [0, 0.1) is 0 Å². The second kappa shape index (κ2) is 6.89. The molecule has 126 valence electrons. The van der Waals surface area contributed by atoms with Crippen molar-refractivity contribution in [1.82, 2.24) is 9.97 Å². The highest BCUT2D eigenvalue weighted by atomic mass is 16.1. The van der Waals surface area contributed by atoms with Gasteiger partial charge in [0.15, 0.2) is 0 Å². The van der Waals surface area contributed by atoms with Crippen LogP contribution in [-0.2, 0) is 0 Å². The predicted octanol–water partition coefficient (Wildman–Crippen LogP) is 3.87. The summed E-state index contributed by atoms with van der Waals surface area (Å²) >= 11 is 0. The lowest BCUT2D eigenvalue weighted by molar-refractivity contribution is 0.102. The summed E-state index contributed by atoms with van der Waals surface area (Å²) in [5, 5.41) is 4.88. The molecule has 1 N–H and O–H groups in total. The van der Waals surface area contributed by atoms with Gasteiger partial charge in [-0.2, -0.15) is 0 Å². The molecule has 0 unspecified atom stereocenters. The van der Waals surface area contributed by atoms with Gasteiger partial charge in [-0.1, -0.05) is 36.4 Å². The Bertz CT molecular complexity index is 880. The fraction of sp³-hybridized carbons (Fsp3) is 0.250. The number of nitrogens with one attached hydrogen (secondary N) is 1. The highest BCUT2D eigenvalue weighted by molar-refractivity contribution is 6.12. The zero-order valence-corrected chi connectivity index (χ0v) is 14.0. The maximum atomic E-state index is 12.6. The van der Waals surface area contributed by atoms with E-state index in [1.807, 2.05) is 42.5 Å². The molecule has 0 spiro atoms. The number of hydrogen-bond acceptors (Lipinski definition) is 4. The predicted molar refractivity (Wildman–Crippen MR) is 100.0 cm³/mol. The van der Waals surface area contributed by atoms with Crippen molar-refractivity contribution in [3.63, 3.8) is 0 Å². The van der Waals surface area contributed by atoms with Crippen LogP contribution in [0.15, 0.2) is 54.9 Å². The number of anilines is 2. The van der Waals surface area contributed by atoms with E-state index < -0.39 is 0 Å². The molecule has 0 saturated carbocycles. The van der Waals surface area contributed by atoms with Crippen molar-refractivity contribution < 1.29 is 4.79 Å². The van der Waals surface area contributed by atoms with Crippen LogP contribution < -0.4 is 10.2 Å². The van der Waals surface area contributed by atoms with Gasteiger partial charge in [-0.15, -0.1) is 0 Å². The molecule has 1 fully saturated rings. The molecule has 1 saturated heterocycles. The SMILES string of the molecule is O=C(Nc1cnc(N2CCCCC2)nc1)c1cccc2ccccc12. The molecule has 1 aliphatic rings. The van der Waals surface area contributed by atoms with Gasteiger partial charge >= 0.3 is 0 Å². The number of carbonyl (C=O) groups is 1. The molecule has 0 atom stereocenters. The summed E-state index contributed by atoms with van der Waals surface area (Å²) in [5.41, 5.74) is 1.26. The molecule has 0 radical (unpaired) electrons. The largest absolute Gasteiger partial charge is 0.341 e. The Hall–Kier alpha value is -2.95. The Morgan fingerprint density at radius 1 is 0.920 bits per heavy atom. The highest BCUT2D eigenvalue weighted by Crippen LogP contribution is 2.20. The first-order valence-electron chi connectivity index (χ1n) is 8.67. The van der Waals surface area contributed by atoms with Crippen molar-refractivity contribution in [2.75, 3.05) is 23.3 Å². The standard InChI is InChI=1S/C20H20N4O/c25-19(18-10-6-8-15-7-2-3-9-17(15)18)23-16-13-21-20(22-14-16)24-11-4-1-5-12-24/h2-3,6-10,13-14H,1,4-5,11-12H2,(H,23,25).